The van der Waals surface area contributed by atoms with E-state index in [1.54, 1.807) is 66.7 Å². The van der Waals surface area contributed by atoms with Crippen LogP contribution < -0.4 is 16.0 Å². The van der Waals surface area contributed by atoms with Crippen molar-refractivity contribution in [2.24, 2.45) is 0 Å². The van der Waals surface area contributed by atoms with E-state index in [4.69, 9.17) is 4.74 Å². The van der Waals surface area contributed by atoms with Crippen LogP contribution in [0.3, 0.4) is 0 Å². The third-order valence-electron chi connectivity index (χ3n) is 8.27. The lowest BCUT2D eigenvalue weighted by molar-refractivity contribution is -0.116. The summed E-state index contributed by atoms with van der Waals surface area (Å²) in [5.74, 6) is -1.15. The molecule has 5 rings (SSSR count). The van der Waals surface area contributed by atoms with Crippen LogP contribution in [-0.4, -0.2) is 30.3 Å². The van der Waals surface area contributed by atoms with Crippen LogP contribution in [0.15, 0.2) is 144 Å². The number of carbonyl (C=O) groups excluding carboxylic acids is 4. The number of rotatable bonds is 15. The van der Waals surface area contributed by atoms with Crippen LogP contribution in [0.2, 0.25) is 0 Å². The largest absolute Gasteiger partial charge is 0.462 e. The van der Waals surface area contributed by atoms with Crippen molar-refractivity contribution in [2.75, 3.05) is 17.2 Å². The molecular formula is C44H43N3O5S. The second-order valence-corrected chi connectivity index (χ2v) is 13.8. The second-order valence-electron chi connectivity index (χ2n) is 12.6. The zero-order valence-electron chi connectivity index (χ0n) is 30.0. The Morgan fingerprint density at radius 1 is 0.679 bits per heavy atom. The maximum absolute atomic E-state index is 13.7. The average molecular weight is 726 g/mol. The molecule has 270 valence electrons. The maximum atomic E-state index is 13.7. The normalized spacial score (nSPS) is 11.7. The van der Waals surface area contributed by atoms with Gasteiger partial charge in [0.15, 0.2) is 0 Å². The van der Waals surface area contributed by atoms with Gasteiger partial charge in [0.25, 0.3) is 11.8 Å². The summed E-state index contributed by atoms with van der Waals surface area (Å²) in [6.45, 7) is 6.62. The van der Waals surface area contributed by atoms with Crippen LogP contribution >= 0.6 is 11.8 Å². The number of hydrogen-bond donors (Lipinski definition) is 3. The summed E-state index contributed by atoms with van der Waals surface area (Å²) < 4.78 is 5.29. The molecule has 1 unspecified atom stereocenters. The molecule has 0 heterocycles. The first-order chi connectivity index (χ1) is 25.7. The van der Waals surface area contributed by atoms with E-state index < -0.39 is 23.0 Å². The van der Waals surface area contributed by atoms with Crippen LogP contribution in [0.25, 0.3) is 6.08 Å². The SMILES string of the molecule is CCCCOC(=O)c1ccc(NC(=O)C(Sc2ccc(NC(=O)/C(=C/c3ccc(C(C)C)cc3)NC(=O)c3ccccc3)cc2)c2ccccc2)cc1. The van der Waals surface area contributed by atoms with Crippen molar-refractivity contribution in [1.29, 1.82) is 0 Å². The fourth-order valence-corrected chi connectivity index (χ4v) is 6.25. The number of nitrogens with one attached hydrogen (secondary N) is 3. The fraction of sp³-hybridized carbons (Fsp3) is 0.182. The van der Waals surface area contributed by atoms with Gasteiger partial charge >= 0.3 is 5.97 Å². The molecule has 0 fully saturated rings. The van der Waals surface area contributed by atoms with E-state index in [1.165, 1.54) is 17.3 Å². The topological polar surface area (TPSA) is 114 Å². The summed E-state index contributed by atoms with van der Waals surface area (Å²) >= 11 is 1.37. The molecule has 0 aromatic heterocycles. The van der Waals surface area contributed by atoms with E-state index >= 15 is 0 Å². The molecule has 9 heteroatoms. The molecule has 3 amide bonds. The fourth-order valence-electron chi connectivity index (χ4n) is 5.23. The average Bonchev–Trinajstić information content (AvgIpc) is 3.18. The van der Waals surface area contributed by atoms with Crippen molar-refractivity contribution < 1.29 is 23.9 Å². The number of benzene rings is 5. The number of anilines is 2. The molecule has 0 radical (unpaired) electrons. The standard InChI is InChI=1S/C44H43N3O5S/c1-4-5-28-52-44(51)35-20-22-36(23-21-35)46-43(50)40(33-12-8-6-9-13-33)53-38-26-24-37(25-27-38)45-42(49)39(47-41(48)34-14-10-7-11-15-34)29-31-16-18-32(19-17-31)30(2)3/h6-27,29-30,40H,4-5,28H2,1-3H3,(H,45,49)(H,46,50)(H,47,48)/b39-29-. The van der Waals surface area contributed by atoms with E-state index in [0.717, 1.165) is 28.9 Å². The monoisotopic (exact) mass is 725 g/mol. The Hall–Kier alpha value is -5.93. The van der Waals surface area contributed by atoms with Crippen molar-refractivity contribution in [1.82, 2.24) is 5.32 Å². The highest BCUT2D eigenvalue weighted by Gasteiger charge is 2.23. The predicted octanol–water partition coefficient (Wildman–Crippen LogP) is 9.65. The zero-order valence-corrected chi connectivity index (χ0v) is 30.8. The van der Waals surface area contributed by atoms with Gasteiger partial charge in [-0.15, -0.1) is 11.8 Å². The Kier molecular flexibility index (Phi) is 13.8. The smallest absolute Gasteiger partial charge is 0.338 e. The Balaban J connectivity index is 1.29. The van der Waals surface area contributed by atoms with Crippen molar-refractivity contribution in [3.63, 3.8) is 0 Å². The molecule has 3 N–H and O–H groups in total. The Morgan fingerprint density at radius 3 is 1.91 bits per heavy atom. The van der Waals surface area contributed by atoms with E-state index in [9.17, 15) is 19.2 Å². The molecule has 0 aliphatic rings. The first-order valence-electron chi connectivity index (χ1n) is 17.6. The quantitative estimate of drug-likeness (QED) is 0.0429. The lowest BCUT2D eigenvalue weighted by atomic mass is 10.0. The minimum absolute atomic E-state index is 0.0943. The van der Waals surface area contributed by atoms with E-state index in [0.29, 0.717) is 35.0 Å². The summed E-state index contributed by atoms with van der Waals surface area (Å²) in [7, 11) is 0. The lowest BCUT2D eigenvalue weighted by Crippen LogP contribution is -2.30. The van der Waals surface area contributed by atoms with E-state index in [-0.39, 0.29) is 11.6 Å². The number of carbonyl (C=O) groups is 4. The molecule has 5 aromatic carbocycles. The molecule has 0 bridgehead atoms. The Bertz CT molecular complexity index is 2010. The molecular weight excluding hydrogens is 683 g/mol. The molecule has 0 saturated carbocycles. The third kappa shape index (κ3) is 11.3. The van der Waals surface area contributed by atoms with Gasteiger partial charge in [-0.25, -0.2) is 4.79 Å². The number of ether oxygens (including phenoxy) is 1. The maximum Gasteiger partial charge on any atom is 0.338 e. The van der Waals surface area contributed by atoms with Gasteiger partial charge in [-0.2, -0.15) is 0 Å². The van der Waals surface area contributed by atoms with E-state index in [2.05, 4.69) is 29.8 Å². The number of esters is 1. The van der Waals surface area contributed by atoms with Gasteiger partial charge in [0.2, 0.25) is 5.91 Å². The van der Waals surface area contributed by atoms with Gasteiger partial charge in [-0.1, -0.05) is 100.0 Å². The number of unbranched alkanes of at least 4 members (excludes halogenated alkanes) is 1. The molecule has 8 nitrogen and oxygen atoms in total. The molecule has 0 aliphatic heterocycles. The van der Waals surface area contributed by atoms with Crippen LogP contribution in [0, 0.1) is 0 Å². The zero-order chi connectivity index (χ0) is 37.6. The highest BCUT2D eigenvalue weighted by molar-refractivity contribution is 8.00. The third-order valence-corrected chi connectivity index (χ3v) is 9.53. The minimum atomic E-state index is -0.597. The number of thioether (sulfide) groups is 1. The van der Waals surface area contributed by atoms with Crippen molar-refractivity contribution in [3.05, 3.63) is 167 Å². The minimum Gasteiger partial charge on any atom is -0.462 e. The van der Waals surface area contributed by atoms with Crippen molar-refractivity contribution in [3.8, 4) is 0 Å². The lowest BCUT2D eigenvalue weighted by Gasteiger charge is -2.18. The highest BCUT2D eigenvalue weighted by Crippen LogP contribution is 2.37. The van der Waals surface area contributed by atoms with E-state index in [1.807, 2.05) is 79.7 Å². The van der Waals surface area contributed by atoms with Gasteiger partial charge in [0.05, 0.1) is 12.2 Å². The summed E-state index contributed by atoms with van der Waals surface area (Å²) in [4.78, 5) is 53.5. The summed E-state index contributed by atoms with van der Waals surface area (Å²) in [5, 5.41) is 8.06. The van der Waals surface area contributed by atoms with Gasteiger partial charge in [-0.05, 0) is 95.8 Å². The van der Waals surface area contributed by atoms with Crippen molar-refractivity contribution >= 4 is 52.9 Å². The van der Waals surface area contributed by atoms with Crippen molar-refractivity contribution in [2.45, 2.75) is 49.7 Å². The molecule has 1 atom stereocenters. The molecule has 0 saturated heterocycles. The Morgan fingerprint density at radius 2 is 1.28 bits per heavy atom. The first-order valence-corrected chi connectivity index (χ1v) is 18.5. The van der Waals surface area contributed by atoms with Gasteiger partial charge in [0.1, 0.15) is 10.9 Å². The van der Waals surface area contributed by atoms with Gasteiger partial charge in [-0.3, -0.25) is 14.4 Å². The van der Waals surface area contributed by atoms with Crippen LogP contribution in [0.1, 0.15) is 82.2 Å². The molecule has 53 heavy (non-hydrogen) atoms. The Labute approximate surface area is 315 Å². The summed E-state index contributed by atoms with van der Waals surface area (Å²) in [6.07, 6.45) is 3.39. The summed E-state index contributed by atoms with van der Waals surface area (Å²) in [5.41, 5.74) is 4.77. The summed E-state index contributed by atoms with van der Waals surface area (Å²) in [6, 6.07) is 39.9. The number of hydrogen-bond acceptors (Lipinski definition) is 6. The van der Waals surface area contributed by atoms with Crippen LogP contribution in [-0.2, 0) is 14.3 Å². The van der Waals surface area contributed by atoms with Crippen LogP contribution in [0.4, 0.5) is 11.4 Å². The molecule has 5 aromatic rings. The molecule has 0 spiro atoms. The second kappa shape index (κ2) is 19.1. The highest BCUT2D eigenvalue weighted by atomic mass is 32.2. The first kappa shape index (κ1) is 38.3. The van der Waals surface area contributed by atoms with Gasteiger partial charge < -0.3 is 20.7 Å². The molecule has 0 aliphatic carbocycles. The van der Waals surface area contributed by atoms with Crippen LogP contribution in [0.5, 0.6) is 0 Å². The number of amides is 3. The predicted molar refractivity (Wildman–Crippen MR) is 213 cm³/mol. The van der Waals surface area contributed by atoms with Gasteiger partial charge in [0, 0.05) is 21.8 Å².